The van der Waals surface area contributed by atoms with E-state index in [-0.39, 0.29) is 5.82 Å². The molecule has 1 aliphatic rings. The van der Waals surface area contributed by atoms with Gasteiger partial charge in [-0.25, -0.2) is 4.39 Å². The Kier molecular flexibility index (Phi) is 5.96. The molecule has 3 aromatic rings. The monoisotopic (exact) mass is 403 g/mol. The molecule has 2 aromatic heterocycles. The average molecular weight is 404 g/mol. The summed E-state index contributed by atoms with van der Waals surface area (Å²) >= 11 is 1.76. The lowest BCUT2D eigenvalue weighted by Gasteiger charge is -2.14. The van der Waals surface area contributed by atoms with Gasteiger partial charge in [0.1, 0.15) is 5.82 Å². The van der Waals surface area contributed by atoms with Crippen LogP contribution in [0.15, 0.2) is 72.3 Å². The van der Waals surface area contributed by atoms with Crippen LogP contribution in [-0.2, 0) is 19.4 Å². The lowest BCUT2D eigenvalue weighted by Crippen LogP contribution is -2.15. The molecule has 0 saturated heterocycles. The van der Waals surface area contributed by atoms with Crippen molar-refractivity contribution in [3.05, 3.63) is 105 Å². The predicted octanol–water partition coefficient (Wildman–Crippen LogP) is 5.53. The minimum absolute atomic E-state index is 0.230. The highest BCUT2D eigenvalue weighted by atomic mass is 32.1. The van der Waals surface area contributed by atoms with E-state index in [0.717, 1.165) is 30.5 Å². The van der Waals surface area contributed by atoms with Gasteiger partial charge in [0.15, 0.2) is 0 Å². The van der Waals surface area contributed by atoms with Crippen molar-refractivity contribution in [3.8, 4) is 0 Å². The molecular weight excluding hydrogens is 381 g/mol. The van der Waals surface area contributed by atoms with E-state index in [1.54, 1.807) is 35.7 Å². The molecule has 2 N–H and O–H groups in total. The zero-order valence-corrected chi connectivity index (χ0v) is 16.8. The normalized spacial score (nSPS) is 13.6. The van der Waals surface area contributed by atoms with E-state index in [1.165, 1.54) is 16.5 Å². The van der Waals surface area contributed by atoms with Crippen LogP contribution < -0.4 is 5.32 Å². The highest BCUT2D eigenvalue weighted by molar-refractivity contribution is 7.10. The summed E-state index contributed by atoms with van der Waals surface area (Å²) < 4.78 is 14.1. The second-order valence-electron chi connectivity index (χ2n) is 6.90. The lowest BCUT2D eigenvalue weighted by atomic mass is 10.0. The molecule has 0 saturated carbocycles. The van der Waals surface area contributed by atoms with Crippen LogP contribution in [0.3, 0.4) is 0 Å². The summed E-state index contributed by atoms with van der Waals surface area (Å²) in [6.07, 6.45) is 10.9. The second kappa shape index (κ2) is 8.97. The topological polar surface area (TPSA) is 48.8 Å². The molecule has 0 fully saturated rings. The number of fused-ring (bicyclic) bond motifs is 1. The van der Waals surface area contributed by atoms with E-state index >= 15 is 0 Å². The third kappa shape index (κ3) is 4.51. The molecule has 0 unspecified atom stereocenters. The largest absolute Gasteiger partial charge is 0.380 e. The number of nitrogens with one attached hydrogen (secondary N) is 2. The van der Waals surface area contributed by atoms with Gasteiger partial charge < -0.3 is 5.32 Å². The summed E-state index contributed by atoms with van der Waals surface area (Å²) in [5.41, 5.74) is 4.75. The van der Waals surface area contributed by atoms with Gasteiger partial charge >= 0.3 is 0 Å². The Morgan fingerprint density at radius 2 is 2.03 bits per heavy atom. The summed E-state index contributed by atoms with van der Waals surface area (Å²) in [5, 5.41) is 14.0. The van der Waals surface area contributed by atoms with Crippen molar-refractivity contribution in [2.75, 3.05) is 0 Å². The molecule has 0 atom stereocenters. The summed E-state index contributed by atoms with van der Waals surface area (Å²) in [4.78, 5) is 5.66. The Morgan fingerprint density at radius 3 is 2.86 bits per heavy atom. The van der Waals surface area contributed by atoms with Gasteiger partial charge in [0.25, 0.3) is 0 Å². The molecule has 1 aliphatic carbocycles. The highest BCUT2D eigenvalue weighted by Gasteiger charge is 2.16. The number of pyridine rings is 1. The first-order valence-corrected chi connectivity index (χ1v) is 10.5. The molecule has 0 bridgehead atoms. The number of hydrogen-bond acceptors (Lipinski definition) is 4. The molecule has 0 radical (unpaired) electrons. The fourth-order valence-corrected chi connectivity index (χ4v) is 4.51. The van der Waals surface area contributed by atoms with Gasteiger partial charge in [-0.15, -0.1) is 11.3 Å². The lowest BCUT2D eigenvalue weighted by molar-refractivity contribution is 0.605. The average Bonchev–Trinajstić information content (AvgIpc) is 3.00. The van der Waals surface area contributed by atoms with Gasteiger partial charge in [-0.1, -0.05) is 36.4 Å². The maximum atomic E-state index is 14.1. The van der Waals surface area contributed by atoms with Crippen LogP contribution in [0, 0.1) is 11.2 Å². The summed E-state index contributed by atoms with van der Waals surface area (Å²) in [5.74, 6) is -0.230. The fourth-order valence-electron chi connectivity index (χ4n) is 3.41. The zero-order valence-electron chi connectivity index (χ0n) is 16.0. The van der Waals surface area contributed by atoms with Crippen molar-refractivity contribution >= 4 is 22.7 Å². The molecule has 1 aromatic carbocycles. The van der Waals surface area contributed by atoms with E-state index < -0.39 is 0 Å². The molecule has 4 rings (SSSR count). The molecule has 0 spiro atoms. The minimum atomic E-state index is -0.230. The predicted molar refractivity (Wildman–Crippen MR) is 118 cm³/mol. The third-order valence-electron chi connectivity index (χ3n) is 4.95. The van der Waals surface area contributed by atoms with Crippen molar-refractivity contribution in [1.29, 1.82) is 5.41 Å². The van der Waals surface area contributed by atoms with Gasteiger partial charge in [0, 0.05) is 39.8 Å². The van der Waals surface area contributed by atoms with Gasteiger partial charge in [0.2, 0.25) is 0 Å². The van der Waals surface area contributed by atoms with E-state index in [0.29, 0.717) is 23.5 Å². The van der Waals surface area contributed by atoms with Crippen LogP contribution in [0.4, 0.5) is 4.39 Å². The molecule has 0 amide bonds. The van der Waals surface area contributed by atoms with Crippen LogP contribution in [-0.4, -0.2) is 10.7 Å². The van der Waals surface area contributed by atoms with Crippen LogP contribution >= 0.6 is 11.3 Å². The van der Waals surface area contributed by atoms with Crippen molar-refractivity contribution in [1.82, 2.24) is 10.3 Å². The number of thiophene rings is 1. The first kappa shape index (κ1) is 19.3. The molecule has 5 heteroatoms. The standard InChI is InChI=1S/C24H22FN3S/c25-20-10-5-4-8-17(20)15-28-23(14-21(26)22-11-6-7-13-27-22)19-16-29-24-12-3-1-2-9-18(19)24/h1-2,4-8,10-11,13-14,16,26,28H,3,9,12,15H2/b23-14-,26-21?. The number of aromatic nitrogens is 1. The maximum Gasteiger partial charge on any atom is 0.128 e. The first-order chi connectivity index (χ1) is 14.2. The zero-order chi connectivity index (χ0) is 20.1. The number of rotatable bonds is 6. The summed E-state index contributed by atoms with van der Waals surface area (Å²) in [7, 11) is 0. The van der Waals surface area contributed by atoms with E-state index in [9.17, 15) is 4.39 Å². The third-order valence-corrected chi connectivity index (χ3v) is 6.04. The van der Waals surface area contributed by atoms with Crippen molar-refractivity contribution in [2.24, 2.45) is 0 Å². The SMILES string of the molecule is N=C(/C=C(\NCc1ccccc1F)c1csc2c1CC=CCC2)c1ccccn1. The van der Waals surface area contributed by atoms with Gasteiger partial charge in [-0.2, -0.15) is 0 Å². The quantitative estimate of drug-likeness (QED) is 0.420. The van der Waals surface area contributed by atoms with Gasteiger partial charge in [0.05, 0.1) is 11.4 Å². The van der Waals surface area contributed by atoms with Crippen molar-refractivity contribution in [2.45, 2.75) is 25.8 Å². The number of hydrogen-bond donors (Lipinski definition) is 2. The van der Waals surface area contributed by atoms with E-state index in [2.05, 4.69) is 27.8 Å². The maximum absolute atomic E-state index is 14.1. The van der Waals surface area contributed by atoms with Crippen LogP contribution in [0.1, 0.15) is 33.7 Å². The van der Waals surface area contributed by atoms with Crippen LogP contribution in [0.2, 0.25) is 0 Å². The van der Waals surface area contributed by atoms with E-state index in [4.69, 9.17) is 5.41 Å². The molecule has 2 heterocycles. The number of nitrogens with zero attached hydrogens (tertiary/aromatic N) is 1. The van der Waals surface area contributed by atoms with Gasteiger partial charge in [-0.3, -0.25) is 10.4 Å². The highest BCUT2D eigenvalue weighted by Crippen LogP contribution is 2.31. The minimum Gasteiger partial charge on any atom is -0.380 e. The Labute approximate surface area is 174 Å². The van der Waals surface area contributed by atoms with Crippen molar-refractivity contribution in [3.63, 3.8) is 0 Å². The Hall–Kier alpha value is -3.05. The molecule has 3 nitrogen and oxygen atoms in total. The number of allylic oxidation sites excluding steroid dienone is 3. The fraction of sp³-hybridized carbons (Fsp3) is 0.167. The Morgan fingerprint density at radius 1 is 1.17 bits per heavy atom. The van der Waals surface area contributed by atoms with Crippen molar-refractivity contribution < 1.29 is 4.39 Å². The Bertz CT molecular complexity index is 1070. The number of aryl methyl sites for hydroxylation is 1. The van der Waals surface area contributed by atoms with E-state index in [1.807, 2.05) is 24.3 Å². The first-order valence-electron chi connectivity index (χ1n) is 9.66. The molecule has 29 heavy (non-hydrogen) atoms. The molecule has 0 aliphatic heterocycles. The Balaban J connectivity index is 1.68. The molecule has 146 valence electrons. The summed E-state index contributed by atoms with van der Waals surface area (Å²) in [6, 6.07) is 12.3. The van der Waals surface area contributed by atoms with Crippen LogP contribution in [0.25, 0.3) is 5.70 Å². The molecular formula is C24H22FN3S. The van der Waals surface area contributed by atoms with Gasteiger partial charge in [-0.05, 0) is 49.1 Å². The second-order valence-corrected chi connectivity index (χ2v) is 7.86. The smallest absolute Gasteiger partial charge is 0.128 e. The number of halogens is 1. The van der Waals surface area contributed by atoms with Crippen LogP contribution in [0.5, 0.6) is 0 Å². The number of benzene rings is 1. The summed E-state index contributed by atoms with van der Waals surface area (Å²) in [6.45, 7) is 0.356.